The van der Waals surface area contributed by atoms with Gasteiger partial charge in [0.25, 0.3) is 5.91 Å². The monoisotopic (exact) mass is 537 g/mol. The highest BCUT2D eigenvalue weighted by Gasteiger charge is 2.48. The third-order valence-electron chi connectivity index (χ3n) is 7.32. The summed E-state index contributed by atoms with van der Waals surface area (Å²) in [7, 11) is -4.46. The molecule has 0 atom stereocenters. The molecule has 1 aliphatic carbocycles. The van der Waals surface area contributed by atoms with Crippen LogP contribution in [-0.2, 0) is 25.0 Å². The minimum Gasteiger partial charge on any atom is -0.312 e. The molecule has 36 heavy (non-hydrogen) atoms. The average Bonchev–Trinajstić information content (AvgIpc) is 3.14. The normalized spacial score (nSPS) is 21.8. The molecule has 12 heteroatoms. The van der Waals surface area contributed by atoms with E-state index in [-0.39, 0.29) is 19.0 Å². The number of amidine groups is 1. The predicted molar refractivity (Wildman–Crippen MR) is 141 cm³/mol. The molecule has 1 aromatic rings. The first kappa shape index (κ1) is 26.8. The highest BCUT2D eigenvalue weighted by atomic mass is 32.2. The third-order valence-corrected chi connectivity index (χ3v) is 10.3. The molecule has 0 unspecified atom stereocenters. The number of aryl methyl sites for hydroxylation is 1. The second-order valence-electron chi connectivity index (χ2n) is 10.0. The SMILES string of the molecule is Cc1cc(NS(=O)(=O)N(C)C)ccc1C=CS(=O)(=O)N1CCC2(CC1)N=C(C1CCCCC1)NC2=O. The number of nitrogens with zero attached hydrogens (tertiary/aromatic N) is 3. The van der Waals surface area contributed by atoms with Crippen molar-refractivity contribution in [3.05, 3.63) is 34.7 Å². The molecule has 198 valence electrons. The molecule has 2 N–H and O–H groups in total. The van der Waals surface area contributed by atoms with Gasteiger partial charge in [0.15, 0.2) is 0 Å². The molecular weight excluding hydrogens is 502 g/mol. The number of rotatable bonds is 7. The molecule has 0 bridgehead atoms. The van der Waals surface area contributed by atoms with E-state index in [1.54, 1.807) is 25.1 Å². The Kier molecular flexibility index (Phi) is 7.61. The van der Waals surface area contributed by atoms with Crippen LogP contribution in [0.25, 0.3) is 6.08 Å². The van der Waals surface area contributed by atoms with Crippen LogP contribution in [0.1, 0.15) is 56.1 Å². The number of carbonyl (C=O) groups excluding carboxylic acids is 1. The Balaban J connectivity index is 1.41. The summed E-state index contributed by atoms with van der Waals surface area (Å²) in [5.41, 5.74) is 0.932. The Morgan fingerprint density at radius 1 is 1.11 bits per heavy atom. The summed E-state index contributed by atoms with van der Waals surface area (Å²) in [5, 5.41) is 4.17. The molecule has 10 nitrogen and oxygen atoms in total. The van der Waals surface area contributed by atoms with Gasteiger partial charge in [-0.05, 0) is 61.9 Å². The molecule has 4 rings (SSSR count). The summed E-state index contributed by atoms with van der Waals surface area (Å²) < 4.78 is 55.0. The highest BCUT2D eigenvalue weighted by molar-refractivity contribution is 7.92. The van der Waals surface area contributed by atoms with Gasteiger partial charge >= 0.3 is 10.2 Å². The zero-order chi connectivity index (χ0) is 26.1. The number of hydrogen-bond acceptors (Lipinski definition) is 6. The Morgan fingerprint density at radius 3 is 2.39 bits per heavy atom. The molecule has 1 aromatic carbocycles. The molecule has 2 aliphatic heterocycles. The van der Waals surface area contributed by atoms with Crippen molar-refractivity contribution in [1.29, 1.82) is 0 Å². The zero-order valence-electron chi connectivity index (χ0n) is 21.0. The number of sulfonamides is 1. The van der Waals surface area contributed by atoms with Gasteiger partial charge in [0, 0.05) is 38.5 Å². The van der Waals surface area contributed by atoms with E-state index in [2.05, 4.69) is 10.0 Å². The van der Waals surface area contributed by atoms with Gasteiger partial charge in [-0.2, -0.15) is 17.0 Å². The van der Waals surface area contributed by atoms with Gasteiger partial charge in [-0.25, -0.2) is 8.42 Å². The lowest BCUT2D eigenvalue weighted by molar-refractivity contribution is -0.125. The second-order valence-corrected chi connectivity index (χ2v) is 13.7. The Labute approximate surface area is 214 Å². The molecule has 0 radical (unpaired) electrons. The summed E-state index contributed by atoms with van der Waals surface area (Å²) >= 11 is 0. The first-order valence-corrected chi connectivity index (χ1v) is 15.3. The molecular formula is C24H35N5O5S2. The number of carbonyl (C=O) groups is 1. The van der Waals surface area contributed by atoms with Gasteiger partial charge < -0.3 is 5.32 Å². The molecule has 3 aliphatic rings. The van der Waals surface area contributed by atoms with Crippen LogP contribution in [0.15, 0.2) is 28.6 Å². The number of piperidine rings is 1. The minimum atomic E-state index is -3.69. The molecule has 1 spiro atoms. The number of benzene rings is 1. The third kappa shape index (κ3) is 5.66. The largest absolute Gasteiger partial charge is 0.312 e. The van der Waals surface area contributed by atoms with E-state index in [0.29, 0.717) is 30.0 Å². The number of hydrogen-bond donors (Lipinski definition) is 2. The van der Waals surface area contributed by atoms with Crippen molar-refractivity contribution in [3.63, 3.8) is 0 Å². The summed E-state index contributed by atoms with van der Waals surface area (Å²) in [5.74, 6) is 0.999. The van der Waals surface area contributed by atoms with Crippen LogP contribution >= 0.6 is 0 Å². The van der Waals surface area contributed by atoms with Gasteiger partial charge in [-0.15, -0.1) is 0 Å². The van der Waals surface area contributed by atoms with E-state index >= 15 is 0 Å². The summed E-state index contributed by atoms with van der Waals surface area (Å²) in [6, 6.07) is 4.91. The highest BCUT2D eigenvalue weighted by Crippen LogP contribution is 2.35. The first-order valence-electron chi connectivity index (χ1n) is 12.3. The fourth-order valence-corrected chi connectivity index (χ4v) is 6.76. The lowest BCUT2D eigenvalue weighted by atomic mass is 9.88. The van der Waals surface area contributed by atoms with E-state index in [9.17, 15) is 21.6 Å². The first-order chi connectivity index (χ1) is 16.9. The Hall–Kier alpha value is -2.28. The van der Waals surface area contributed by atoms with Crippen LogP contribution in [0, 0.1) is 12.8 Å². The zero-order valence-corrected chi connectivity index (χ0v) is 22.7. The van der Waals surface area contributed by atoms with Crippen LogP contribution in [0.4, 0.5) is 5.69 Å². The summed E-state index contributed by atoms with van der Waals surface area (Å²) in [6.07, 6.45) is 7.86. The van der Waals surface area contributed by atoms with Crippen molar-refractivity contribution < 1.29 is 21.6 Å². The maximum atomic E-state index is 13.0. The number of nitrogens with one attached hydrogen (secondary N) is 2. The second kappa shape index (κ2) is 10.2. The fourth-order valence-electron chi connectivity index (χ4n) is 4.97. The van der Waals surface area contributed by atoms with Crippen molar-refractivity contribution in [3.8, 4) is 0 Å². The molecule has 1 saturated heterocycles. The predicted octanol–water partition coefficient (Wildman–Crippen LogP) is 2.46. The number of aliphatic imine (C=N–C) groups is 1. The van der Waals surface area contributed by atoms with Crippen molar-refractivity contribution in [1.82, 2.24) is 13.9 Å². The van der Waals surface area contributed by atoms with Crippen LogP contribution in [0.5, 0.6) is 0 Å². The average molecular weight is 538 g/mol. The van der Waals surface area contributed by atoms with Crippen molar-refractivity contribution >= 4 is 43.7 Å². The molecule has 2 heterocycles. The Morgan fingerprint density at radius 2 is 1.78 bits per heavy atom. The van der Waals surface area contributed by atoms with E-state index < -0.39 is 25.8 Å². The standard InChI is InChI=1S/C24H35N5O5S2/c1-18-17-21(27-36(33,34)28(2)3)10-9-19(18)11-16-35(31,32)29-14-12-24(13-15-29)23(30)25-22(26-24)20-7-5-4-6-8-20/h9-11,16-17,20,27H,4-8,12-15H2,1-3H3,(H,25,26,30). The van der Waals surface area contributed by atoms with E-state index in [4.69, 9.17) is 4.99 Å². The van der Waals surface area contributed by atoms with Crippen LogP contribution in [0.3, 0.4) is 0 Å². The van der Waals surface area contributed by atoms with Gasteiger partial charge in [-0.1, -0.05) is 25.3 Å². The summed E-state index contributed by atoms with van der Waals surface area (Å²) in [4.78, 5) is 17.6. The van der Waals surface area contributed by atoms with Crippen LogP contribution in [-0.4, -0.2) is 69.9 Å². The smallest absolute Gasteiger partial charge is 0.301 e. The van der Waals surface area contributed by atoms with Gasteiger partial charge in [0.1, 0.15) is 11.4 Å². The fraction of sp³-hybridized carbons (Fsp3) is 0.583. The number of anilines is 1. The topological polar surface area (TPSA) is 128 Å². The van der Waals surface area contributed by atoms with Gasteiger partial charge in [0.2, 0.25) is 10.0 Å². The molecule has 0 aromatic heterocycles. The van der Waals surface area contributed by atoms with E-state index in [0.717, 1.165) is 41.4 Å². The molecule has 1 saturated carbocycles. The van der Waals surface area contributed by atoms with Gasteiger partial charge in [0.05, 0.1) is 5.69 Å². The summed E-state index contributed by atoms with van der Waals surface area (Å²) in [6.45, 7) is 2.24. The minimum absolute atomic E-state index is 0.101. The van der Waals surface area contributed by atoms with Crippen LogP contribution in [0.2, 0.25) is 0 Å². The van der Waals surface area contributed by atoms with Crippen molar-refractivity contribution in [2.45, 2.75) is 57.4 Å². The number of amides is 1. The van der Waals surface area contributed by atoms with Crippen molar-refractivity contribution in [2.75, 3.05) is 31.9 Å². The van der Waals surface area contributed by atoms with Crippen molar-refractivity contribution in [2.24, 2.45) is 10.9 Å². The Bertz CT molecular complexity index is 1270. The lowest BCUT2D eigenvalue weighted by Gasteiger charge is -2.34. The van der Waals surface area contributed by atoms with Gasteiger partial charge in [-0.3, -0.25) is 14.5 Å². The van der Waals surface area contributed by atoms with E-state index in [1.165, 1.54) is 36.3 Å². The van der Waals surface area contributed by atoms with E-state index in [1.807, 2.05) is 0 Å². The molecule has 1 amide bonds. The quantitative estimate of drug-likeness (QED) is 0.552. The lowest BCUT2D eigenvalue weighted by Crippen LogP contribution is -2.50. The molecule has 2 fully saturated rings. The van der Waals surface area contributed by atoms with Crippen LogP contribution < -0.4 is 10.0 Å². The maximum Gasteiger partial charge on any atom is 0.301 e. The maximum absolute atomic E-state index is 13.0.